The van der Waals surface area contributed by atoms with Gasteiger partial charge in [0.1, 0.15) is 5.60 Å². The zero-order valence-electron chi connectivity index (χ0n) is 17.1. The van der Waals surface area contributed by atoms with E-state index in [1.807, 2.05) is 24.3 Å². The summed E-state index contributed by atoms with van der Waals surface area (Å²) in [5.41, 5.74) is -0.0189. The maximum absolute atomic E-state index is 13.4. The predicted molar refractivity (Wildman–Crippen MR) is 109 cm³/mol. The summed E-state index contributed by atoms with van der Waals surface area (Å²) in [6.07, 6.45) is 3.54. The lowest BCUT2D eigenvalue weighted by molar-refractivity contribution is -0.132. The van der Waals surface area contributed by atoms with Crippen LogP contribution in [0, 0.1) is 11.8 Å². The summed E-state index contributed by atoms with van der Waals surface area (Å²) in [5, 5.41) is 3.03. The summed E-state index contributed by atoms with van der Waals surface area (Å²) in [7, 11) is 0. The van der Waals surface area contributed by atoms with Gasteiger partial charge >= 0.3 is 0 Å². The van der Waals surface area contributed by atoms with E-state index in [0.29, 0.717) is 24.6 Å². The second kappa shape index (κ2) is 7.22. The van der Waals surface area contributed by atoms with Gasteiger partial charge in [-0.15, -0.1) is 0 Å². The van der Waals surface area contributed by atoms with Gasteiger partial charge in [0.25, 0.3) is 0 Å². The van der Waals surface area contributed by atoms with E-state index in [1.54, 1.807) is 11.0 Å². The van der Waals surface area contributed by atoms with Crippen molar-refractivity contribution in [3.63, 3.8) is 0 Å². The fourth-order valence-electron chi connectivity index (χ4n) is 5.35. The third-order valence-corrected chi connectivity index (χ3v) is 6.90. The first-order chi connectivity index (χ1) is 15.1. The van der Waals surface area contributed by atoms with Crippen molar-refractivity contribution < 1.29 is 28.5 Å². The number of hydrogen-bond donors (Lipinski definition) is 1. The van der Waals surface area contributed by atoms with Crippen molar-refractivity contribution in [1.29, 1.82) is 0 Å². The quantitative estimate of drug-likeness (QED) is 0.669. The van der Waals surface area contributed by atoms with Gasteiger partial charge in [-0.1, -0.05) is 12.2 Å². The van der Waals surface area contributed by atoms with Gasteiger partial charge in [0, 0.05) is 37.9 Å². The molecule has 1 N–H and O–H groups in total. The van der Waals surface area contributed by atoms with E-state index < -0.39 is 17.4 Å². The molecule has 9 heteroatoms. The second-order valence-corrected chi connectivity index (χ2v) is 8.61. The maximum Gasteiger partial charge on any atom is 0.234 e. The summed E-state index contributed by atoms with van der Waals surface area (Å²) in [5.74, 6) is 0.0632. The van der Waals surface area contributed by atoms with Crippen molar-refractivity contribution in [3.05, 3.63) is 30.4 Å². The van der Waals surface area contributed by atoms with Crippen LogP contribution in [0.4, 0.5) is 5.69 Å². The molecular formula is C22H25N3O6. The van der Waals surface area contributed by atoms with Crippen LogP contribution in [-0.4, -0.2) is 81.1 Å². The van der Waals surface area contributed by atoms with Crippen molar-refractivity contribution in [2.75, 3.05) is 57.6 Å². The molecule has 0 aliphatic carbocycles. The highest BCUT2D eigenvalue weighted by Gasteiger charge is 2.67. The topological polar surface area (TPSA) is 89.6 Å². The Morgan fingerprint density at radius 2 is 2.03 bits per heavy atom. The Bertz CT molecular complexity index is 945. The molecule has 164 valence electrons. The molecule has 5 aliphatic heterocycles. The lowest BCUT2D eigenvalue weighted by atomic mass is 9.77. The van der Waals surface area contributed by atoms with Crippen LogP contribution in [-0.2, 0) is 19.1 Å². The number of ether oxygens (including phenoxy) is 4. The molecule has 5 aliphatic rings. The standard InChI is InChI=1S/C22H25N3O6/c26-20(23-5-6-24-7-9-28-10-8-24)18-16-3-4-22(31-16)12-25(21(27)19(18)22)14-1-2-15-17(11-14)30-13-29-15/h1-4,11,16,18-19H,5-10,12-13H2,(H,23,26). The molecule has 31 heavy (non-hydrogen) atoms. The molecule has 3 saturated heterocycles. The molecule has 2 bridgehead atoms. The van der Waals surface area contributed by atoms with Gasteiger partial charge in [0.05, 0.1) is 37.7 Å². The summed E-state index contributed by atoms with van der Waals surface area (Å²) in [4.78, 5) is 30.5. The largest absolute Gasteiger partial charge is 0.454 e. The molecule has 6 rings (SSSR count). The Morgan fingerprint density at radius 3 is 2.90 bits per heavy atom. The van der Waals surface area contributed by atoms with Gasteiger partial charge < -0.3 is 29.2 Å². The number of fused-ring (bicyclic) bond motifs is 2. The lowest BCUT2D eigenvalue weighted by Crippen LogP contribution is -2.46. The molecule has 1 spiro atoms. The van der Waals surface area contributed by atoms with E-state index in [1.165, 1.54) is 0 Å². The Balaban J connectivity index is 1.17. The molecule has 0 saturated carbocycles. The van der Waals surface area contributed by atoms with Crippen LogP contribution >= 0.6 is 0 Å². The number of benzene rings is 1. The molecule has 1 aromatic rings. The molecule has 4 unspecified atom stereocenters. The van der Waals surface area contributed by atoms with Gasteiger partial charge in [0.2, 0.25) is 18.6 Å². The first kappa shape index (κ1) is 19.1. The normalized spacial score (nSPS) is 33.2. The highest BCUT2D eigenvalue weighted by molar-refractivity contribution is 6.03. The number of amides is 2. The first-order valence-corrected chi connectivity index (χ1v) is 10.8. The number of nitrogens with zero attached hydrogens (tertiary/aromatic N) is 2. The first-order valence-electron chi connectivity index (χ1n) is 10.8. The minimum absolute atomic E-state index is 0.0842. The average molecular weight is 427 g/mol. The number of rotatable bonds is 5. The third kappa shape index (κ3) is 3.02. The number of nitrogens with one attached hydrogen (secondary N) is 1. The van der Waals surface area contributed by atoms with Gasteiger partial charge in [-0.05, 0) is 12.1 Å². The van der Waals surface area contributed by atoms with E-state index in [0.717, 1.165) is 38.5 Å². The van der Waals surface area contributed by atoms with Crippen LogP contribution in [0.5, 0.6) is 11.5 Å². The minimum Gasteiger partial charge on any atom is -0.454 e. The molecule has 0 aromatic heterocycles. The fourth-order valence-corrected chi connectivity index (χ4v) is 5.35. The zero-order chi connectivity index (χ0) is 21.0. The zero-order valence-corrected chi connectivity index (χ0v) is 17.1. The molecule has 5 heterocycles. The third-order valence-electron chi connectivity index (χ3n) is 6.90. The Morgan fingerprint density at radius 1 is 1.19 bits per heavy atom. The molecular weight excluding hydrogens is 402 g/mol. The van der Waals surface area contributed by atoms with E-state index >= 15 is 0 Å². The van der Waals surface area contributed by atoms with E-state index in [-0.39, 0.29) is 24.7 Å². The van der Waals surface area contributed by atoms with E-state index in [2.05, 4.69) is 10.2 Å². The maximum atomic E-state index is 13.4. The summed E-state index contributed by atoms with van der Waals surface area (Å²) < 4.78 is 22.4. The second-order valence-electron chi connectivity index (χ2n) is 8.61. The molecule has 4 atom stereocenters. The van der Waals surface area contributed by atoms with Crippen molar-refractivity contribution in [2.24, 2.45) is 11.8 Å². The average Bonchev–Trinajstić information content (AvgIpc) is 3.54. The molecule has 3 fully saturated rings. The van der Waals surface area contributed by atoms with Gasteiger partial charge in [-0.3, -0.25) is 14.5 Å². The monoisotopic (exact) mass is 427 g/mol. The number of carbonyl (C=O) groups excluding carboxylic acids is 2. The molecule has 2 amide bonds. The fraction of sp³-hybridized carbons (Fsp3) is 0.545. The Hall–Kier alpha value is -2.62. The number of carbonyl (C=O) groups is 2. The molecule has 9 nitrogen and oxygen atoms in total. The predicted octanol–water partition coefficient (Wildman–Crippen LogP) is 0.150. The summed E-state index contributed by atoms with van der Waals surface area (Å²) in [6.45, 7) is 5.10. The van der Waals surface area contributed by atoms with Crippen molar-refractivity contribution in [3.8, 4) is 11.5 Å². The number of morpholine rings is 1. The van der Waals surface area contributed by atoms with Crippen LogP contribution in [0.2, 0.25) is 0 Å². The van der Waals surface area contributed by atoms with Crippen molar-refractivity contribution in [2.45, 2.75) is 11.7 Å². The van der Waals surface area contributed by atoms with E-state index in [4.69, 9.17) is 18.9 Å². The Labute approximate surface area is 179 Å². The van der Waals surface area contributed by atoms with Crippen LogP contribution in [0.1, 0.15) is 0 Å². The Kier molecular flexibility index (Phi) is 4.45. The van der Waals surface area contributed by atoms with Crippen LogP contribution < -0.4 is 19.7 Å². The van der Waals surface area contributed by atoms with Crippen molar-refractivity contribution >= 4 is 17.5 Å². The molecule has 0 radical (unpaired) electrons. The summed E-state index contributed by atoms with van der Waals surface area (Å²) in [6, 6.07) is 5.46. The van der Waals surface area contributed by atoms with Crippen LogP contribution in [0.15, 0.2) is 30.4 Å². The lowest BCUT2D eigenvalue weighted by Gasteiger charge is -2.27. The van der Waals surface area contributed by atoms with Crippen molar-refractivity contribution in [1.82, 2.24) is 10.2 Å². The summed E-state index contributed by atoms with van der Waals surface area (Å²) >= 11 is 0. The van der Waals surface area contributed by atoms with Crippen LogP contribution in [0.3, 0.4) is 0 Å². The van der Waals surface area contributed by atoms with Gasteiger partial charge in [-0.25, -0.2) is 0 Å². The highest BCUT2D eigenvalue weighted by atomic mass is 16.7. The smallest absolute Gasteiger partial charge is 0.234 e. The van der Waals surface area contributed by atoms with Crippen LogP contribution in [0.25, 0.3) is 0 Å². The van der Waals surface area contributed by atoms with Gasteiger partial charge in [0.15, 0.2) is 11.5 Å². The van der Waals surface area contributed by atoms with Gasteiger partial charge in [-0.2, -0.15) is 0 Å². The number of anilines is 1. The highest BCUT2D eigenvalue weighted by Crippen LogP contribution is 2.53. The van der Waals surface area contributed by atoms with E-state index in [9.17, 15) is 9.59 Å². The molecule has 1 aromatic carbocycles. The number of hydrogen-bond acceptors (Lipinski definition) is 7. The SMILES string of the molecule is O=C(NCCN1CCOCC1)C1C2C=CC3(CN(c4ccc5c(c4)OCO5)C(=O)C13)O2. The minimum atomic E-state index is -0.746.